The van der Waals surface area contributed by atoms with Crippen molar-refractivity contribution in [2.75, 3.05) is 19.6 Å². The monoisotopic (exact) mass is 273 g/mol. The zero-order chi connectivity index (χ0) is 14.2. The molecule has 0 saturated carbocycles. The number of piperidine rings is 1. The average Bonchev–Trinajstić information content (AvgIpc) is 2.47. The molecule has 1 saturated heterocycles. The molecule has 1 atom stereocenters. The van der Waals surface area contributed by atoms with E-state index in [2.05, 4.69) is 43.0 Å². The number of nitrogens with zero attached hydrogens (tertiary/aromatic N) is 1. The van der Waals surface area contributed by atoms with Gasteiger partial charge in [-0.15, -0.1) is 0 Å². The van der Waals surface area contributed by atoms with E-state index in [0.29, 0.717) is 0 Å². The molecule has 1 aromatic carbocycles. The van der Waals surface area contributed by atoms with Crippen LogP contribution in [0.15, 0.2) is 24.3 Å². The molecule has 0 aromatic heterocycles. The van der Waals surface area contributed by atoms with Crippen LogP contribution in [-0.2, 0) is 12.8 Å². The molecule has 1 aliphatic heterocycles. The van der Waals surface area contributed by atoms with Gasteiger partial charge in [0.2, 0.25) is 0 Å². The molecule has 1 unspecified atom stereocenters. The van der Waals surface area contributed by atoms with E-state index in [9.17, 15) is 0 Å². The topological polar surface area (TPSA) is 3.24 Å². The van der Waals surface area contributed by atoms with Crippen molar-refractivity contribution in [1.82, 2.24) is 4.90 Å². The lowest BCUT2D eigenvalue weighted by molar-refractivity contribution is 0.200. The van der Waals surface area contributed by atoms with Crippen LogP contribution >= 0.6 is 0 Å². The maximum atomic E-state index is 2.66. The fraction of sp³-hybridized carbons (Fsp3) is 0.684. The highest BCUT2D eigenvalue weighted by molar-refractivity contribution is 5.23. The van der Waals surface area contributed by atoms with E-state index in [-0.39, 0.29) is 0 Å². The minimum atomic E-state index is 0.773. The quantitative estimate of drug-likeness (QED) is 0.696. The van der Waals surface area contributed by atoms with Gasteiger partial charge in [0.1, 0.15) is 0 Å². The van der Waals surface area contributed by atoms with E-state index in [1.807, 2.05) is 0 Å². The molecule has 0 amide bonds. The summed E-state index contributed by atoms with van der Waals surface area (Å²) in [6, 6.07) is 9.35. The van der Waals surface area contributed by atoms with Crippen LogP contribution in [-0.4, -0.2) is 24.5 Å². The molecule has 0 aliphatic carbocycles. The van der Waals surface area contributed by atoms with Gasteiger partial charge in [-0.25, -0.2) is 0 Å². The molecule has 1 heterocycles. The summed E-state index contributed by atoms with van der Waals surface area (Å²) < 4.78 is 0. The lowest BCUT2D eigenvalue weighted by Crippen LogP contribution is -2.34. The van der Waals surface area contributed by atoms with Crippen LogP contribution in [0.4, 0.5) is 0 Å². The Hall–Kier alpha value is -0.820. The first-order valence-electron chi connectivity index (χ1n) is 8.58. The average molecular weight is 273 g/mol. The summed E-state index contributed by atoms with van der Waals surface area (Å²) in [6.45, 7) is 8.58. The highest BCUT2D eigenvalue weighted by Crippen LogP contribution is 2.15. The van der Waals surface area contributed by atoms with Crippen LogP contribution in [0.5, 0.6) is 0 Å². The second kappa shape index (κ2) is 8.46. The molecule has 1 fully saturated rings. The van der Waals surface area contributed by atoms with E-state index in [4.69, 9.17) is 0 Å². The zero-order valence-electron chi connectivity index (χ0n) is 13.4. The van der Waals surface area contributed by atoms with Crippen LogP contribution in [0.1, 0.15) is 57.1 Å². The summed E-state index contributed by atoms with van der Waals surface area (Å²) in [6.07, 6.45) is 9.30. The molecule has 112 valence electrons. The van der Waals surface area contributed by atoms with Gasteiger partial charge < -0.3 is 4.90 Å². The molecule has 1 aromatic rings. The summed E-state index contributed by atoms with van der Waals surface area (Å²) >= 11 is 0. The van der Waals surface area contributed by atoms with Crippen molar-refractivity contribution in [3.05, 3.63) is 35.4 Å². The van der Waals surface area contributed by atoms with Crippen molar-refractivity contribution in [1.29, 1.82) is 0 Å². The van der Waals surface area contributed by atoms with Crippen LogP contribution < -0.4 is 0 Å². The Morgan fingerprint density at radius 2 is 1.65 bits per heavy atom. The van der Waals surface area contributed by atoms with Crippen molar-refractivity contribution in [2.45, 2.75) is 58.8 Å². The van der Waals surface area contributed by atoms with Crippen molar-refractivity contribution < 1.29 is 0 Å². The molecule has 0 N–H and O–H groups in total. The standard InChI is InChI=1S/C19H31N/c1-3-4-8-18-9-11-19(12-10-18)15-17(2)16-20-13-6-5-7-14-20/h9-12,17H,3-8,13-16H2,1-2H3. The number of likely N-dealkylation sites (tertiary alicyclic amines) is 1. The molecular formula is C19H31N. The first kappa shape index (κ1) is 15.6. The second-order valence-electron chi connectivity index (χ2n) is 6.59. The van der Waals surface area contributed by atoms with Gasteiger partial charge in [0.25, 0.3) is 0 Å². The molecule has 1 nitrogen and oxygen atoms in total. The Morgan fingerprint density at radius 3 is 2.30 bits per heavy atom. The van der Waals surface area contributed by atoms with Gasteiger partial charge in [0.15, 0.2) is 0 Å². The lowest BCUT2D eigenvalue weighted by Gasteiger charge is -2.29. The smallest absolute Gasteiger partial charge is 0.00102 e. The van der Waals surface area contributed by atoms with Crippen molar-refractivity contribution in [3.63, 3.8) is 0 Å². The zero-order valence-corrected chi connectivity index (χ0v) is 13.4. The predicted molar refractivity (Wildman–Crippen MR) is 88.2 cm³/mol. The van der Waals surface area contributed by atoms with Gasteiger partial charge in [-0.3, -0.25) is 0 Å². The molecular weight excluding hydrogens is 242 g/mol. The molecule has 1 heteroatoms. The molecule has 1 aliphatic rings. The Kier molecular flexibility index (Phi) is 6.59. The number of aryl methyl sites for hydroxylation is 1. The Bertz CT molecular complexity index is 362. The molecule has 0 bridgehead atoms. The minimum absolute atomic E-state index is 0.773. The highest BCUT2D eigenvalue weighted by atomic mass is 15.1. The molecule has 2 rings (SSSR count). The van der Waals surface area contributed by atoms with Crippen LogP contribution in [0.25, 0.3) is 0 Å². The number of unbranched alkanes of at least 4 members (excludes halogenated alkanes) is 1. The number of benzene rings is 1. The normalized spacial score (nSPS) is 18.1. The third kappa shape index (κ3) is 5.28. The van der Waals surface area contributed by atoms with Gasteiger partial charge in [-0.05, 0) is 62.2 Å². The van der Waals surface area contributed by atoms with E-state index in [1.165, 1.54) is 75.7 Å². The summed E-state index contributed by atoms with van der Waals surface area (Å²) in [5.74, 6) is 0.773. The van der Waals surface area contributed by atoms with Gasteiger partial charge in [-0.2, -0.15) is 0 Å². The Labute approximate surface area is 125 Å². The first-order chi connectivity index (χ1) is 9.78. The van der Waals surface area contributed by atoms with E-state index < -0.39 is 0 Å². The van der Waals surface area contributed by atoms with E-state index in [0.717, 1.165) is 5.92 Å². The Morgan fingerprint density at radius 1 is 1.00 bits per heavy atom. The number of hydrogen-bond donors (Lipinski definition) is 0. The van der Waals surface area contributed by atoms with E-state index >= 15 is 0 Å². The maximum absolute atomic E-state index is 2.66. The summed E-state index contributed by atoms with van der Waals surface area (Å²) in [5.41, 5.74) is 3.01. The summed E-state index contributed by atoms with van der Waals surface area (Å²) in [7, 11) is 0. The summed E-state index contributed by atoms with van der Waals surface area (Å²) in [5, 5.41) is 0. The predicted octanol–water partition coefficient (Wildman–Crippen LogP) is 4.69. The first-order valence-corrected chi connectivity index (χ1v) is 8.58. The third-order valence-electron chi connectivity index (χ3n) is 4.44. The number of rotatable bonds is 7. The van der Waals surface area contributed by atoms with E-state index in [1.54, 1.807) is 0 Å². The summed E-state index contributed by atoms with van der Waals surface area (Å²) in [4.78, 5) is 2.66. The second-order valence-corrected chi connectivity index (χ2v) is 6.59. The highest BCUT2D eigenvalue weighted by Gasteiger charge is 2.13. The van der Waals surface area contributed by atoms with Gasteiger partial charge in [0.05, 0.1) is 0 Å². The van der Waals surface area contributed by atoms with Crippen molar-refractivity contribution >= 4 is 0 Å². The van der Waals surface area contributed by atoms with Gasteiger partial charge >= 0.3 is 0 Å². The fourth-order valence-electron chi connectivity index (χ4n) is 3.27. The third-order valence-corrected chi connectivity index (χ3v) is 4.44. The van der Waals surface area contributed by atoms with Gasteiger partial charge in [-0.1, -0.05) is 51.0 Å². The van der Waals surface area contributed by atoms with Gasteiger partial charge in [0, 0.05) is 6.54 Å². The Balaban J connectivity index is 1.76. The van der Waals surface area contributed by atoms with Crippen molar-refractivity contribution in [2.24, 2.45) is 5.92 Å². The molecule has 20 heavy (non-hydrogen) atoms. The van der Waals surface area contributed by atoms with Crippen LogP contribution in [0.3, 0.4) is 0 Å². The van der Waals surface area contributed by atoms with Crippen molar-refractivity contribution in [3.8, 4) is 0 Å². The molecule has 0 radical (unpaired) electrons. The minimum Gasteiger partial charge on any atom is -0.303 e. The molecule has 0 spiro atoms. The number of hydrogen-bond acceptors (Lipinski definition) is 1. The maximum Gasteiger partial charge on any atom is 0.00102 e. The largest absolute Gasteiger partial charge is 0.303 e. The SMILES string of the molecule is CCCCc1ccc(CC(C)CN2CCCCC2)cc1. The van der Waals surface area contributed by atoms with Crippen LogP contribution in [0, 0.1) is 5.92 Å². The van der Waals surface area contributed by atoms with Crippen LogP contribution in [0.2, 0.25) is 0 Å². The lowest BCUT2D eigenvalue weighted by atomic mass is 9.98. The fourth-order valence-corrected chi connectivity index (χ4v) is 3.27.